The molecule has 90 valence electrons. The number of hydrogen-bond donors (Lipinski definition) is 0. The molecule has 0 atom stereocenters. The minimum absolute atomic E-state index is 0.000741. The number of carbonyl (C=O) groups is 1. The van der Waals surface area contributed by atoms with E-state index < -0.39 is 0 Å². The summed E-state index contributed by atoms with van der Waals surface area (Å²) in [6, 6.07) is 0. The highest BCUT2D eigenvalue weighted by Gasteiger charge is 2.17. The van der Waals surface area contributed by atoms with Crippen LogP contribution in [0, 0.1) is 0 Å². The molecule has 0 fully saturated rings. The molecule has 0 aromatic carbocycles. The van der Waals surface area contributed by atoms with Crippen molar-refractivity contribution in [2.24, 2.45) is 7.05 Å². The molecule has 0 amide bonds. The first kappa shape index (κ1) is 12.7. The highest BCUT2D eigenvalue weighted by molar-refractivity contribution is 5.97. The van der Waals surface area contributed by atoms with Crippen molar-refractivity contribution >= 4 is 5.78 Å². The lowest BCUT2D eigenvalue weighted by molar-refractivity contribution is 0.0568. The lowest BCUT2D eigenvalue weighted by Crippen LogP contribution is -2.16. The van der Waals surface area contributed by atoms with Crippen molar-refractivity contribution in [2.75, 3.05) is 34.0 Å². The van der Waals surface area contributed by atoms with Crippen LogP contribution >= 0.6 is 0 Å². The van der Waals surface area contributed by atoms with Gasteiger partial charge in [0.25, 0.3) is 0 Å². The third-order valence-corrected chi connectivity index (χ3v) is 2.05. The molecule has 1 heterocycles. The minimum atomic E-state index is -0.159. The van der Waals surface area contributed by atoms with Crippen LogP contribution in [-0.4, -0.2) is 49.6 Å². The number of methoxy groups -OCH3 is 2. The maximum Gasteiger partial charge on any atom is 0.210 e. The van der Waals surface area contributed by atoms with Crippen LogP contribution in [0.25, 0.3) is 0 Å². The molecule has 1 aromatic rings. The number of ether oxygens (including phenoxy) is 3. The van der Waals surface area contributed by atoms with Gasteiger partial charge in [0.15, 0.2) is 5.75 Å². The summed E-state index contributed by atoms with van der Waals surface area (Å²) in [7, 11) is 4.76. The first-order valence-electron chi connectivity index (χ1n) is 4.86. The normalized spacial score (nSPS) is 10.4. The van der Waals surface area contributed by atoms with Gasteiger partial charge in [-0.1, -0.05) is 0 Å². The Morgan fingerprint density at radius 1 is 1.44 bits per heavy atom. The maximum atomic E-state index is 11.8. The van der Waals surface area contributed by atoms with Crippen LogP contribution in [-0.2, 0) is 16.5 Å². The lowest BCUT2D eigenvalue weighted by Gasteiger charge is -2.05. The van der Waals surface area contributed by atoms with Crippen LogP contribution in [0.3, 0.4) is 0 Å². The summed E-state index contributed by atoms with van der Waals surface area (Å²) < 4.78 is 16.5. The molecule has 0 aliphatic rings. The van der Waals surface area contributed by atoms with Crippen molar-refractivity contribution in [3.63, 3.8) is 0 Å². The zero-order chi connectivity index (χ0) is 12.0. The molecule has 0 saturated heterocycles. The van der Waals surface area contributed by atoms with Gasteiger partial charge in [-0.25, -0.2) is 0 Å². The Morgan fingerprint density at radius 2 is 2.19 bits per heavy atom. The smallest absolute Gasteiger partial charge is 0.210 e. The van der Waals surface area contributed by atoms with Crippen molar-refractivity contribution in [3.8, 4) is 5.75 Å². The van der Waals surface area contributed by atoms with E-state index in [0.717, 1.165) is 0 Å². The molecule has 16 heavy (non-hydrogen) atoms. The van der Waals surface area contributed by atoms with Crippen LogP contribution in [0.1, 0.15) is 10.5 Å². The van der Waals surface area contributed by atoms with Gasteiger partial charge in [-0.15, -0.1) is 0 Å². The molecular formula is C10H16N2O4. The van der Waals surface area contributed by atoms with E-state index in [9.17, 15) is 4.79 Å². The van der Waals surface area contributed by atoms with E-state index in [1.54, 1.807) is 14.2 Å². The maximum absolute atomic E-state index is 11.8. The molecule has 0 bridgehead atoms. The standard InChI is InChI=1S/C10H16N2O4/c1-12-10(9(15-3)6-11-12)8(13)7-16-5-4-14-2/h6H,4-5,7H2,1-3H3. The number of hydrogen-bond acceptors (Lipinski definition) is 5. The van der Waals surface area contributed by atoms with Gasteiger partial charge in [-0.3, -0.25) is 9.48 Å². The summed E-state index contributed by atoms with van der Waals surface area (Å²) in [6.07, 6.45) is 1.50. The fraction of sp³-hybridized carbons (Fsp3) is 0.600. The van der Waals surface area contributed by atoms with Gasteiger partial charge < -0.3 is 14.2 Å². The Morgan fingerprint density at radius 3 is 2.81 bits per heavy atom. The predicted octanol–water partition coefficient (Wildman–Crippen LogP) is 0.274. The van der Waals surface area contributed by atoms with Gasteiger partial charge in [0.2, 0.25) is 5.78 Å². The van der Waals surface area contributed by atoms with Crippen LogP contribution in [0.2, 0.25) is 0 Å². The number of aromatic nitrogens is 2. The van der Waals surface area contributed by atoms with Crippen molar-refractivity contribution in [1.82, 2.24) is 9.78 Å². The monoisotopic (exact) mass is 228 g/mol. The first-order valence-corrected chi connectivity index (χ1v) is 4.86. The number of aryl methyl sites for hydroxylation is 1. The van der Waals surface area contributed by atoms with Gasteiger partial charge >= 0.3 is 0 Å². The minimum Gasteiger partial charge on any atom is -0.493 e. The Kier molecular flexibility index (Phi) is 4.94. The van der Waals surface area contributed by atoms with Gasteiger partial charge in [0.05, 0.1) is 26.5 Å². The lowest BCUT2D eigenvalue weighted by atomic mass is 10.3. The van der Waals surface area contributed by atoms with E-state index in [1.807, 2.05) is 0 Å². The van der Waals surface area contributed by atoms with E-state index in [0.29, 0.717) is 24.7 Å². The van der Waals surface area contributed by atoms with Crippen molar-refractivity contribution in [1.29, 1.82) is 0 Å². The molecule has 0 unspecified atom stereocenters. The van der Waals surface area contributed by atoms with E-state index >= 15 is 0 Å². The van der Waals surface area contributed by atoms with Crippen molar-refractivity contribution < 1.29 is 19.0 Å². The first-order chi connectivity index (χ1) is 7.70. The number of Topliss-reactive ketones (excluding diaryl/α,β-unsaturated/α-hetero) is 1. The van der Waals surface area contributed by atoms with Crippen LogP contribution in [0.4, 0.5) is 0 Å². The molecule has 1 aromatic heterocycles. The molecular weight excluding hydrogens is 212 g/mol. The molecule has 1 rings (SSSR count). The van der Waals surface area contributed by atoms with Gasteiger partial charge in [-0.2, -0.15) is 5.10 Å². The van der Waals surface area contributed by atoms with Gasteiger partial charge in [0.1, 0.15) is 12.3 Å². The SMILES string of the molecule is COCCOCC(=O)c1c(OC)cnn1C. The van der Waals surface area contributed by atoms with Gasteiger partial charge in [-0.05, 0) is 0 Å². The molecule has 6 heteroatoms. The Hall–Kier alpha value is -1.40. The molecule has 0 aliphatic carbocycles. The van der Waals surface area contributed by atoms with E-state index in [-0.39, 0.29) is 12.4 Å². The number of ketones is 1. The van der Waals surface area contributed by atoms with Crippen LogP contribution in [0.5, 0.6) is 5.75 Å². The fourth-order valence-electron chi connectivity index (χ4n) is 1.26. The molecule has 0 radical (unpaired) electrons. The second-order valence-corrected chi connectivity index (χ2v) is 3.15. The number of nitrogens with zero attached hydrogens (tertiary/aromatic N) is 2. The highest BCUT2D eigenvalue weighted by atomic mass is 16.5. The quantitative estimate of drug-likeness (QED) is 0.495. The highest BCUT2D eigenvalue weighted by Crippen LogP contribution is 2.16. The van der Waals surface area contributed by atoms with Crippen molar-refractivity contribution in [3.05, 3.63) is 11.9 Å². The summed E-state index contributed by atoms with van der Waals surface area (Å²) in [6.45, 7) is 0.859. The Bertz CT molecular complexity index is 349. The second-order valence-electron chi connectivity index (χ2n) is 3.15. The molecule has 0 spiro atoms. The molecule has 0 N–H and O–H groups in total. The topological polar surface area (TPSA) is 62.6 Å². The zero-order valence-electron chi connectivity index (χ0n) is 9.73. The van der Waals surface area contributed by atoms with E-state index in [1.165, 1.54) is 18.0 Å². The fourth-order valence-corrected chi connectivity index (χ4v) is 1.26. The number of rotatable bonds is 7. The number of carbonyl (C=O) groups excluding carboxylic acids is 1. The van der Waals surface area contributed by atoms with Crippen molar-refractivity contribution in [2.45, 2.75) is 0 Å². The van der Waals surface area contributed by atoms with Crippen LogP contribution < -0.4 is 4.74 Å². The Balaban J connectivity index is 2.55. The summed E-state index contributed by atoms with van der Waals surface area (Å²) in [5.41, 5.74) is 0.417. The summed E-state index contributed by atoms with van der Waals surface area (Å²) in [4.78, 5) is 11.8. The largest absolute Gasteiger partial charge is 0.493 e. The summed E-state index contributed by atoms with van der Waals surface area (Å²) in [5.74, 6) is 0.302. The third-order valence-electron chi connectivity index (χ3n) is 2.05. The predicted molar refractivity (Wildman–Crippen MR) is 56.8 cm³/mol. The van der Waals surface area contributed by atoms with Gasteiger partial charge in [0, 0.05) is 14.2 Å². The zero-order valence-corrected chi connectivity index (χ0v) is 9.73. The molecule has 6 nitrogen and oxygen atoms in total. The average Bonchev–Trinajstić information content (AvgIpc) is 2.65. The molecule has 0 saturated carbocycles. The summed E-state index contributed by atoms with van der Waals surface area (Å²) in [5, 5.41) is 3.94. The third kappa shape index (κ3) is 3.04. The Labute approximate surface area is 94.1 Å². The molecule has 0 aliphatic heterocycles. The van der Waals surface area contributed by atoms with E-state index in [2.05, 4.69) is 5.10 Å². The van der Waals surface area contributed by atoms with Crippen LogP contribution in [0.15, 0.2) is 6.20 Å². The van der Waals surface area contributed by atoms with E-state index in [4.69, 9.17) is 14.2 Å². The summed E-state index contributed by atoms with van der Waals surface area (Å²) >= 11 is 0. The second kappa shape index (κ2) is 6.24. The average molecular weight is 228 g/mol.